The standard InChI is InChI=1S/C19H23FN6S/c1-2-15(23-19-24-16-5-3-4-6-17(16)27-19)13-25-7-9-26(10-8-25)18-21-11-14(20)12-22-18/h3-6,11-12,15H,2,7-10,13H2,1H3,(H,23,24). The molecule has 0 spiro atoms. The molecule has 1 unspecified atom stereocenters. The van der Waals surface area contributed by atoms with Crippen molar-refractivity contribution in [3.63, 3.8) is 0 Å². The Morgan fingerprint density at radius 1 is 1.15 bits per heavy atom. The lowest BCUT2D eigenvalue weighted by molar-refractivity contribution is 0.244. The van der Waals surface area contributed by atoms with Gasteiger partial charge in [0.15, 0.2) is 10.9 Å². The van der Waals surface area contributed by atoms with Crippen LogP contribution in [0.1, 0.15) is 13.3 Å². The fourth-order valence-corrected chi connectivity index (χ4v) is 4.24. The number of nitrogens with one attached hydrogen (secondary N) is 1. The molecule has 4 rings (SSSR count). The molecule has 1 aliphatic heterocycles. The number of nitrogens with zero attached hydrogens (tertiary/aromatic N) is 5. The number of thiazole rings is 1. The zero-order chi connectivity index (χ0) is 18.6. The van der Waals surface area contributed by atoms with Crippen molar-refractivity contribution in [2.75, 3.05) is 42.9 Å². The molecule has 0 radical (unpaired) electrons. The van der Waals surface area contributed by atoms with Gasteiger partial charge in [0.05, 0.1) is 22.6 Å². The van der Waals surface area contributed by atoms with E-state index < -0.39 is 5.82 Å². The summed E-state index contributed by atoms with van der Waals surface area (Å²) in [5.74, 6) is 0.208. The van der Waals surface area contributed by atoms with Gasteiger partial charge in [0.25, 0.3) is 0 Å². The number of rotatable bonds is 6. The molecule has 3 heterocycles. The van der Waals surface area contributed by atoms with Crippen LogP contribution in [0.4, 0.5) is 15.5 Å². The van der Waals surface area contributed by atoms with E-state index >= 15 is 0 Å². The first kappa shape index (κ1) is 18.1. The third-order valence-corrected chi connectivity index (χ3v) is 5.82. The van der Waals surface area contributed by atoms with Crippen LogP contribution in [-0.2, 0) is 0 Å². The van der Waals surface area contributed by atoms with Gasteiger partial charge in [-0.2, -0.15) is 0 Å². The van der Waals surface area contributed by atoms with E-state index in [0.29, 0.717) is 12.0 Å². The molecular weight excluding hydrogens is 363 g/mol. The third kappa shape index (κ3) is 4.33. The minimum absolute atomic E-state index is 0.360. The van der Waals surface area contributed by atoms with Crippen molar-refractivity contribution in [2.24, 2.45) is 0 Å². The highest BCUT2D eigenvalue weighted by atomic mass is 32.1. The molecule has 1 fully saturated rings. The van der Waals surface area contributed by atoms with Gasteiger partial charge in [0.2, 0.25) is 5.95 Å². The van der Waals surface area contributed by atoms with E-state index in [2.05, 4.69) is 49.1 Å². The first-order valence-corrected chi connectivity index (χ1v) is 10.1. The predicted octanol–water partition coefficient (Wildman–Crippen LogP) is 3.24. The number of benzene rings is 1. The van der Waals surface area contributed by atoms with Crippen LogP contribution in [0.3, 0.4) is 0 Å². The maximum Gasteiger partial charge on any atom is 0.225 e. The Kier molecular flexibility index (Phi) is 5.45. The number of anilines is 2. The first-order valence-electron chi connectivity index (χ1n) is 9.28. The Labute approximate surface area is 162 Å². The normalized spacial score (nSPS) is 16.6. The van der Waals surface area contributed by atoms with Crippen LogP contribution < -0.4 is 10.2 Å². The summed E-state index contributed by atoms with van der Waals surface area (Å²) in [6, 6.07) is 8.59. The molecule has 1 N–H and O–H groups in total. The number of hydrogen-bond donors (Lipinski definition) is 1. The van der Waals surface area contributed by atoms with Crippen LogP contribution >= 0.6 is 11.3 Å². The molecule has 0 saturated carbocycles. The third-order valence-electron chi connectivity index (χ3n) is 4.85. The fraction of sp³-hybridized carbons (Fsp3) is 0.421. The van der Waals surface area contributed by atoms with Crippen molar-refractivity contribution in [2.45, 2.75) is 19.4 Å². The minimum Gasteiger partial charge on any atom is -0.357 e. The molecule has 1 aromatic carbocycles. The second-order valence-corrected chi connectivity index (χ2v) is 7.76. The molecule has 2 aromatic heterocycles. The van der Waals surface area contributed by atoms with E-state index in [4.69, 9.17) is 0 Å². The van der Waals surface area contributed by atoms with Crippen LogP contribution in [-0.4, -0.2) is 58.6 Å². The maximum atomic E-state index is 13.0. The molecule has 27 heavy (non-hydrogen) atoms. The highest BCUT2D eigenvalue weighted by Gasteiger charge is 2.21. The number of para-hydroxylation sites is 1. The lowest BCUT2D eigenvalue weighted by Gasteiger charge is -2.36. The predicted molar refractivity (Wildman–Crippen MR) is 108 cm³/mol. The van der Waals surface area contributed by atoms with Crippen molar-refractivity contribution in [1.82, 2.24) is 19.9 Å². The summed E-state index contributed by atoms with van der Waals surface area (Å²) in [5, 5.41) is 4.59. The smallest absolute Gasteiger partial charge is 0.225 e. The molecule has 0 amide bonds. The van der Waals surface area contributed by atoms with Crippen molar-refractivity contribution in [1.29, 1.82) is 0 Å². The molecule has 1 atom stereocenters. The zero-order valence-electron chi connectivity index (χ0n) is 15.3. The van der Waals surface area contributed by atoms with Gasteiger partial charge in [-0.15, -0.1) is 0 Å². The van der Waals surface area contributed by atoms with Gasteiger partial charge in [0.1, 0.15) is 0 Å². The lowest BCUT2D eigenvalue weighted by atomic mass is 10.2. The average Bonchev–Trinajstić information content (AvgIpc) is 3.11. The molecule has 1 aliphatic rings. The van der Waals surface area contributed by atoms with Crippen molar-refractivity contribution >= 4 is 32.6 Å². The maximum absolute atomic E-state index is 13.0. The van der Waals surface area contributed by atoms with Gasteiger partial charge >= 0.3 is 0 Å². The first-order chi connectivity index (χ1) is 13.2. The van der Waals surface area contributed by atoms with E-state index in [9.17, 15) is 4.39 Å². The minimum atomic E-state index is -0.399. The molecule has 1 saturated heterocycles. The number of halogens is 1. The van der Waals surface area contributed by atoms with Gasteiger partial charge in [-0.05, 0) is 18.6 Å². The van der Waals surface area contributed by atoms with Crippen molar-refractivity contribution < 1.29 is 4.39 Å². The Morgan fingerprint density at radius 2 is 1.89 bits per heavy atom. The summed E-state index contributed by atoms with van der Waals surface area (Å²) in [7, 11) is 0. The van der Waals surface area contributed by atoms with Crippen LogP contribution in [0.25, 0.3) is 10.2 Å². The Hall–Kier alpha value is -2.32. The number of aromatic nitrogens is 3. The van der Waals surface area contributed by atoms with E-state index in [1.54, 1.807) is 11.3 Å². The number of piperazine rings is 1. The van der Waals surface area contributed by atoms with Crippen LogP contribution in [0, 0.1) is 5.82 Å². The molecule has 8 heteroatoms. The fourth-order valence-electron chi connectivity index (χ4n) is 3.30. The van der Waals surface area contributed by atoms with Gasteiger partial charge in [-0.3, -0.25) is 4.90 Å². The largest absolute Gasteiger partial charge is 0.357 e. The molecule has 0 aliphatic carbocycles. The van der Waals surface area contributed by atoms with E-state index in [1.807, 2.05) is 12.1 Å². The Morgan fingerprint density at radius 3 is 2.59 bits per heavy atom. The second-order valence-electron chi connectivity index (χ2n) is 6.73. The summed E-state index contributed by atoms with van der Waals surface area (Å²) in [6.45, 7) is 6.77. The average molecular weight is 387 g/mol. The summed E-state index contributed by atoms with van der Waals surface area (Å²) in [6.07, 6.45) is 3.49. The van der Waals surface area contributed by atoms with E-state index in [-0.39, 0.29) is 0 Å². The molecule has 3 aromatic rings. The molecule has 0 bridgehead atoms. The lowest BCUT2D eigenvalue weighted by Crippen LogP contribution is -2.50. The van der Waals surface area contributed by atoms with Gasteiger partial charge in [-0.25, -0.2) is 19.3 Å². The summed E-state index contributed by atoms with van der Waals surface area (Å²) >= 11 is 1.71. The summed E-state index contributed by atoms with van der Waals surface area (Å²) in [4.78, 5) is 17.4. The van der Waals surface area contributed by atoms with Gasteiger partial charge in [0, 0.05) is 38.8 Å². The Bertz CT molecular complexity index is 842. The molecular formula is C19H23FN6S. The highest BCUT2D eigenvalue weighted by Crippen LogP contribution is 2.26. The number of hydrogen-bond acceptors (Lipinski definition) is 7. The zero-order valence-corrected chi connectivity index (χ0v) is 16.1. The van der Waals surface area contributed by atoms with Gasteiger partial charge < -0.3 is 10.2 Å². The van der Waals surface area contributed by atoms with Gasteiger partial charge in [-0.1, -0.05) is 30.4 Å². The Balaban J connectivity index is 1.32. The SMILES string of the molecule is CCC(CN1CCN(c2ncc(F)cn2)CC1)Nc1nc2ccccc2s1. The van der Waals surface area contributed by atoms with E-state index in [0.717, 1.165) is 49.8 Å². The monoisotopic (exact) mass is 386 g/mol. The van der Waals surface area contributed by atoms with E-state index in [1.165, 1.54) is 17.1 Å². The van der Waals surface area contributed by atoms with Crippen LogP contribution in [0.2, 0.25) is 0 Å². The summed E-state index contributed by atoms with van der Waals surface area (Å²) in [5.41, 5.74) is 1.05. The molecule has 142 valence electrons. The van der Waals surface area contributed by atoms with Crippen molar-refractivity contribution in [3.8, 4) is 0 Å². The topological polar surface area (TPSA) is 57.2 Å². The van der Waals surface area contributed by atoms with Crippen LogP contribution in [0.15, 0.2) is 36.7 Å². The highest BCUT2D eigenvalue weighted by molar-refractivity contribution is 7.22. The summed E-state index contributed by atoms with van der Waals surface area (Å²) < 4.78 is 14.2. The van der Waals surface area contributed by atoms with Crippen molar-refractivity contribution in [3.05, 3.63) is 42.5 Å². The molecule has 6 nitrogen and oxygen atoms in total. The van der Waals surface area contributed by atoms with Crippen LogP contribution in [0.5, 0.6) is 0 Å². The number of fused-ring (bicyclic) bond motifs is 1. The second kappa shape index (κ2) is 8.14. The quantitative estimate of drug-likeness (QED) is 0.702.